The molecule has 242 valence electrons. The lowest BCUT2D eigenvalue weighted by Gasteiger charge is -2.35. The minimum absolute atomic E-state index is 0.468. The molecule has 0 fully saturated rings. The first-order valence-corrected chi connectivity index (χ1v) is 17.8. The quantitative estimate of drug-likeness (QED) is 0.189. The molecule has 0 unspecified atom stereocenters. The van der Waals surface area contributed by atoms with Crippen molar-refractivity contribution in [1.29, 1.82) is 0 Å². The zero-order chi connectivity index (χ0) is 34.2. The number of hydrogen-bond acceptors (Lipinski definition) is 2. The number of aromatic nitrogens is 3. The van der Waals surface area contributed by atoms with E-state index >= 15 is 0 Å². The standard InChI is InChI=1S/C49H31N3/c1-2-13-34(14-3-1)44-26-28-46-48(51-44)39-30-35(25-27-45(39)52(46)47-20-10-11-29-50-47)36-24-23-33-22-21-32-12-4-7-17-40(32)49(43(33)31-36)41-18-8-5-15-37(41)38-16-6-9-19-42(38)49/h1-31H. The van der Waals surface area contributed by atoms with E-state index in [1.54, 1.807) is 0 Å². The van der Waals surface area contributed by atoms with E-state index in [1.807, 2.05) is 24.4 Å². The van der Waals surface area contributed by atoms with Crippen LogP contribution in [-0.2, 0) is 5.41 Å². The van der Waals surface area contributed by atoms with E-state index in [9.17, 15) is 0 Å². The van der Waals surface area contributed by atoms with Crippen molar-refractivity contribution in [2.45, 2.75) is 5.41 Å². The third kappa shape index (κ3) is 4.02. The van der Waals surface area contributed by atoms with Gasteiger partial charge in [-0.1, -0.05) is 140 Å². The van der Waals surface area contributed by atoms with Gasteiger partial charge in [0.25, 0.3) is 0 Å². The molecular formula is C49H31N3. The predicted octanol–water partition coefficient (Wildman–Crippen LogP) is 11.8. The van der Waals surface area contributed by atoms with Gasteiger partial charge in [0, 0.05) is 17.1 Å². The molecule has 0 saturated carbocycles. The van der Waals surface area contributed by atoms with E-state index in [1.165, 1.54) is 50.1 Å². The normalized spacial score (nSPS) is 13.5. The second kappa shape index (κ2) is 11.1. The molecular weight excluding hydrogens is 631 g/mol. The second-order valence-electron chi connectivity index (χ2n) is 13.7. The highest BCUT2D eigenvalue weighted by Gasteiger charge is 2.48. The van der Waals surface area contributed by atoms with Gasteiger partial charge in [0.05, 0.1) is 27.7 Å². The predicted molar refractivity (Wildman–Crippen MR) is 213 cm³/mol. The fraction of sp³-hybridized carbons (Fsp3) is 0.0204. The van der Waals surface area contributed by atoms with E-state index in [0.717, 1.165) is 44.6 Å². The van der Waals surface area contributed by atoms with Gasteiger partial charge in [-0.3, -0.25) is 4.57 Å². The molecule has 52 heavy (non-hydrogen) atoms. The van der Waals surface area contributed by atoms with E-state index in [4.69, 9.17) is 9.97 Å². The van der Waals surface area contributed by atoms with Gasteiger partial charge in [-0.2, -0.15) is 0 Å². The molecule has 0 aliphatic heterocycles. The highest BCUT2D eigenvalue weighted by molar-refractivity contribution is 6.09. The summed E-state index contributed by atoms with van der Waals surface area (Å²) in [6.07, 6.45) is 6.44. The Bertz CT molecular complexity index is 2850. The molecule has 0 saturated heterocycles. The van der Waals surface area contributed by atoms with E-state index < -0.39 is 5.41 Å². The van der Waals surface area contributed by atoms with Crippen LogP contribution in [0.15, 0.2) is 176 Å². The first-order chi connectivity index (χ1) is 25.8. The molecule has 0 N–H and O–H groups in total. The fourth-order valence-corrected chi connectivity index (χ4v) is 8.89. The van der Waals surface area contributed by atoms with Crippen LogP contribution in [0.5, 0.6) is 0 Å². The van der Waals surface area contributed by atoms with Crippen molar-refractivity contribution in [3.05, 3.63) is 209 Å². The van der Waals surface area contributed by atoms with Crippen molar-refractivity contribution < 1.29 is 0 Å². The van der Waals surface area contributed by atoms with Crippen molar-refractivity contribution in [3.63, 3.8) is 0 Å². The summed E-state index contributed by atoms with van der Waals surface area (Å²) >= 11 is 0. The summed E-state index contributed by atoms with van der Waals surface area (Å²) in [5, 5.41) is 1.10. The SMILES string of the molecule is C1=Cc2ccc(-c3ccc4c(c3)c3nc(-c5ccccc5)ccc3n4-c3ccccn3)cc2C2(c3ccccc31)c1ccccc1-c1ccccc12. The van der Waals surface area contributed by atoms with E-state index in [-0.39, 0.29) is 0 Å². The number of benzene rings is 6. The van der Waals surface area contributed by atoms with Crippen molar-refractivity contribution >= 4 is 34.1 Å². The number of pyridine rings is 2. The molecule has 0 atom stereocenters. The Morgan fingerprint density at radius 3 is 1.85 bits per heavy atom. The van der Waals surface area contributed by atoms with Gasteiger partial charge in [0.15, 0.2) is 0 Å². The molecule has 9 aromatic rings. The van der Waals surface area contributed by atoms with Crippen LogP contribution in [0.3, 0.4) is 0 Å². The molecule has 6 aromatic carbocycles. The highest BCUT2D eigenvalue weighted by Crippen LogP contribution is 2.58. The van der Waals surface area contributed by atoms with Crippen molar-refractivity contribution in [2.24, 2.45) is 0 Å². The Hall–Kier alpha value is -6.84. The van der Waals surface area contributed by atoms with Crippen LogP contribution in [-0.4, -0.2) is 14.5 Å². The summed E-state index contributed by atoms with van der Waals surface area (Å²) in [5.74, 6) is 0.875. The van der Waals surface area contributed by atoms with Gasteiger partial charge < -0.3 is 0 Å². The number of fused-ring (bicyclic) bond motifs is 12. The largest absolute Gasteiger partial charge is 0.292 e. The Labute approximate surface area is 301 Å². The zero-order valence-corrected chi connectivity index (χ0v) is 28.2. The number of hydrogen-bond donors (Lipinski definition) is 0. The molecule has 3 heterocycles. The van der Waals surface area contributed by atoms with E-state index in [2.05, 4.69) is 168 Å². The average molecular weight is 662 g/mol. The molecule has 1 spiro atoms. The summed E-state index contributed by atoms with van der Waals surface area (Å²) in [6.45, 7) is 0. The lowest BCUT2D eigenvalue weighted by Crippen LogP contribution is -2.30. The molecule has 2 aliphatic carbocycles. The molecule has 11 rings (SSSR count). The maximum Gasteiger partial charge on any atom is 0.137 e. The maximum atomic E-state index is 5.31. The first kappa shape index (κ1) is 28.9. The third-order valence-electron chi connectivity index (χ3n) is 11.1. The highest BCUT2D eigenvalue weighted by atomic mass is 15.1. The monoisotopic (exact) mass is 661 g/mol. The van der Waals surface area contributed by atoms with Gasteiger partial charge >= 0.3 is 0 Å². The summed E-state index contributed by atoms with van der Waals surface area (Å²) < 4.78 is 2.23. The Kier molecular flexibility index (Phi) is 6.17. The average Bonchev–Trinajstić information content (AvgIpc) is 3.65. The van der Waals surface area contributed by atoms with Crippen molar-refractivity contribution in [1.82, 2.24) is 14.5 Å². The lowest BCUT2D eigenvalue weighted by molar-refractivity contribution is 0.766. The molecule has 0 amide bonds. The summed E-state index contributed by atoms with van der Waals surface area (Å²) in [5.41, 5.74) is 17.3. The van der Waals surface area contributed by atoms with Gasteiger partial charge in [-0.15, -0.1) is 0 Å². The van der Waals surface area contributed by atoms with Gasteiger partial charge in [-0.25, -0.2) is 9.97 Å². The van der Waals surface area contributed by atoms with Gasteiger partial charge in [0.2, 0.25) is 0 Å². The summed E-state index contributed by atoms with van der Waals surface area (Å²) in [6, 6.07) is 61.5. The summed E-state index contributed by atoms with van der Waals surface area (Å²) in [4.78, 5) is 10.1. The first-order valence-electron chi connectivity index (χ1n) is 17.8. The van der Waals surface area contributed by atoms with Crippen LogP contribution >= 0.6 is 0 Å². The van der Waals surface area contributed by atoms with Crippen molar-refractivity contribution in [3.8, 4) is 39.3 Å². The molecule has 3 heteroatoms. The molecule has 3 aromatic heterocycles. The van der Waals surface area contributed by atoms with Gasteiger partial charge in [0.1, 0.15) is 5.82 Å². The van der Waals surface area contributed by atoms with Crippen molar-refractivity contribution in [2.75, 3.05) is 0 Å². The molecule has 2 aliphatic rings. The third-order valence-corrected chi connectivity index (χ3v) is 11.1. The molecule has 0 radical (unpaired) electrons. The van der Waals surface area contributed by atoms with Crippen LogP contribution in [0.25, 0.3) is 73.4 Å². The van der Waals surface area contributed by atoms with Crippen LogP contribution in [0, 0.1) is 0 Å². The lowest BCUT2D eigenvalue weighted by atomic mass is 9.65. The summed E-state index contributed by atoms with van der Waals surface area (Å²) in [7, 11) is 0. The Morgan fingerprint density at radius 1 is 0.442 bits per heavy atom. The van der Waals surface area contributed by atoms with Crippen LogP contribution < -0.4 is 0 Å². The second-order valence-corrected chi connectivity index (χ2v) is 13.7. The van der Waals surface area contributed by atoms with Gasteiger partial charge in [-0.05, 0) is 98.1 Å². The Morgan fingerprint density at radius 2 is 1.08 bits per heavy atom. The van der Waals surface area contributed by atoms with Crippen LogP contribution in [0.2, 0.25) is 0 Å². The molecule has 3 nitrogen and oxygen atoms in total. The van der Waals surface area contributed by atoms with E-state index in [0.29, 0.717) is 0 Å². The number of nitrogens with zero attached hydrogens (tertiary/aromatic N) is 3. The van der Waals surface area contributed by atoms with Crippen LogP contribution in [0.4, 0.5) is 0 Å². The zero-order valence-electron chi connectivity index (χ0n) is 28.2. The minimum Gasteiger partial charge on any atom is -0.292 e. The fourth-order valence-electron chi connectivity index (χ4n) is 8.89. The Balaban J connectivity index is 1.18. The topological polar surface area (TPSA) is 30.7 Å². The van der Waals surface area contributed by atoms with Crippen LogP contribution in [0.1, 0.15) is 33.4 Å². The minimum atomic E-state index is -0.468. The molecule has 0 bridgehead atoms. The smallest absolute Gasteiger partial charge is 0.137 e. The number of rotatable bonds is 3. The maximum absolute atomic E-state index is 5.31.